The number of allylic oxidation sites excluding steroid dienone is 8. The SMILES string of the molecule is Clc1ncnc2c1c(-c1ccccccccc1)cn2C1=C/C=C\C=C/C=C\1. The summed E-state index contributed by atoms with van der Waals surface area (Å²) in [6, 6.07) is 18.1. The predicted molar refractivity (Wildman–Crippen MR) is 117 cm³/mol. The first-order valence-electron chi connectivity index (χ1n) is 8.97. The average Bonchev–Trinajstić information content (AvgIpc) is 3.07. The summed E-state index contributed by atoms with van der Waals surface area (Å²) >= 11 is 6.50. The van der Waals surface area contributed by atoms with Gasteiger partial charge in [-0.1, -0.05) is 96.6 Å². The van der Waals surface area contributed by atoms with E-state index in [1.807, 2.05) is 89.6 Å². The summed E-state index contributed by atoms with van der Waals surface area (Å²) in [5, 5.41) is 1.27. The van der Waals surface area contributed by atoms with Crippen molar-refractivity contribution in [3.63, 3.8) is 0 Å². The molecule has 0 bridgehead atoms. The van der Waals surface area contributed by atoms with E-state index in [0.29, 0.717) is 5.15 Å². The Morgan fingerprint density at radius 3 is 2.21 bits per heavy atom. The van der Waals surface area contributed by atoms with Crippen molar-refractivity contribution in [3.05, 3.63) is 115 Å². The van der Waals surface area contributed by atoms with Gasteiger partial charge in [-0.05, 0) is 17.7 Å². The maximum absolute atomic E-state index is 6.50. The number of aromatic nitrogens is 3. The summed E-state index contributed by atoms with van der Waals surface area (Å²) in [7, 11) is 0. The topological polar surface area (TPSA) is 30.7 Å². The number of fused-ring (bicyclic) bond motifs is 1. The fraction of sp³-hybridized carbons (Fsp3) is 0. The molecule has 136 valence electrons. The molecule has 0 unspecified atom stereocenters. The van der Waals surface area contributed by atoms with Gasteiger partial charge in [-0.25, -0.2) is 9.97 Å². The van der Waals surface area contributed by atoms with Crippen molar-refractivity contribution in [2.45, 2.75) is 0 Å². The quantitative estimate of drug-likeness (QED) is 0.479. The van der Waals surface area contributed by atoms with Gasteiger partial charge in [0.25, 0.3) is 0 Å². The zero-order valence-electron chi connectivity index (χ0n) is 15.1. The minimum absolute atomic E-state index is 0.440. The van der Waals surface area contributed by atoms with Crippen molar-refractivity contribution in [2.75, 3.05) is 0 Å². The lowest BCUT2D eigenvalue weighted by molar-refractivity contribution is 1.11. The molecule has 3 aromatic rings. The molecule has 1 aliphatic carbocycles. The maximum Gasteiger partial charge on any atom is 0.150 e. The molecule has 0 saturated carbocycles. The van der Waals surface area contributed by atoms with Crippen LogP contribution in [0.3, 0.4) is 0 Å². The molecule has 0 amide bonds. The highest BCUT2D eigenvalue weighted by atomic mass is 35.5. The Bertz CT molecular complexity index is 1160. The Morgan fingerprint density at radius 2 is 1.43 bits per heavy atom. The Morgan fingerprint density at radius 1 is 0.750 bits per heavy atom. The van der Waals surface area contributed by atoms with Crippen LogP contribution >= 0.6 is 11.6 Å². The lowest BCUT2D eigenvalue weighted by Crippen LogP contribution is -1.95. The van der Waals surface area contributed by atoms with Gasteiger partial charge < -0.3 is 4.57 Å². The van der Waals surface area contributed by atoms with Gasteiger partial charge in [0.15, 0.2) is 0 Å². The molecule has 28 heavy (non-hydrogen) atoms. The molecule has 1 aromatic carbocycles. The van der Waals surface area contributed by atoms with Gasteiger partial charge in [-0.3, -0.25) is 0 Å². The van der Waals surface area contributed by atoms with Crippen LogP contribution in [0.4, 0.5) is 0 Å². The monoisotopic (exact) mass is 383 g/mol. The smallest absolute Gasteiger partial charge is 0.150 e. The first-order valence-corrected chi connectivity index (χ1v) is 9.35. The Labute approximate surface area is 169 Å². The number of hydrogen-bond donors (Lipinski definition) is 0. The van der Waals surface area contributed by atoms with Crippen LogP contribution in [0.5, 0.6) is 0 Å². The number of nitrogens with zero attached hydrogens (tertiary/aromatic N) is 3. The van der Waals surface area contributed by atoms with E-state index in [1.54, 1.807) is 0 Å². The third kappa shape index (κ3) is 3.80. The molecular weight excluding hydrogens is 366 g/mol. The van der Waals surface area contributed by atoms with E-state index in [4.69, 9.17) is 11.6 Å². The zero-order chi connectivity index (χ0) is 19.2. The minimum Gasteiger partial charge on any atom is -0.301 e. The van der Waals surface area contributed by atoms with Crippen LogP contribution in [-0.2, 0) is 0 Å². The Balaban J connectivity index is 1.99. The molecule has 0 N–H and O–H groups in total. The summed E-state index contributed by atoms with van der Waals surface area (Å²) < 4.78 is 2.05. The molecule has 4 heteroatoms. The molecule has 4 rings (SSSR count). The van der Waals surface area contributed by atoms with Gasteiger partial charge >= 0.3 is 0 Å². The molecule has 1 aliphatic rings. The second-order valence-corrected chi connectivity index (χ2v) is 6.49. The first kappa shape index (κ1) is 18.0. The molecule has 0 fully saturated rings. The Hall–Kier alpha value is -3.43. The average molecular weight is 384 g/mol. The molecule has 3 nitrogen and oxygen atoms in total. The standard InChI is InChI=1S/C24H18ClN3/c25-23-22-21(19-13-9-5-2-1-3-6-10-14-19)17-28(24(22)27-18-26-23)20-15-11-7-4-8-12-16-20/h1-18H/b2-1?,3-1?,5-2?,6-3?,7-4-,8-4?,9-5?,10-6?,11-7?,12-8-,13-9?,14-10?,15-11-,16-12?,19-13?,19-14?,20-15?,20-16+. The van der Waals surface area contributed by atoms with Crippen LogP contribution in [0.25, 0.3) is 27.9 Å². The largest absolute Gasteiger partial charge is 0.301 e. The summed E-state index contributed by atoms with van der Waals surface area (Å²) in [6.45, 7) is 0. The molecule has 0 aliphatic heterocycles. The van der Waals surface area contributed by atoms with Crippen molar-refractivity contribution in [2.24, 2.45) is 0 Å². The highest BCUT2D eigenvalue weighted by molar-refractivity contribution is 6.35. The van der Waals surface area contributed by atoms with Crippen molar-refractivity contribution in [1.82, 2.24) is 14.5 Å². The van der Waals surface area contributed by atoms with Crippen LogP contribution in [0.15, 0.2) is 110 Å². The van der Waals surface area contributed by atoms with Crippen molar-refractivity contribution >= 4 is 28.3 Å². The van der Waals surface area contributed by atoms with Crippen molar-refractivity contribution in [3.8, 4) is 11.1 Å². The van der Waals surface area contributed by atoms with E-state index in [1.165, 1.54) is 6.33 Å². The lowest BCUT2D eigenvalue weighted by atomic mass is 10.1. The number of rotatable bonds is 2. The maximum atomic E-state index is 6.50. The highest BCUT2D eigenvalue weighted by Crippen LogP contribution is 2.34. The number of hydrogen-bond acceptors (Lipinski definition) is 2. The normalized spacial score (nSPS) is 18.2. The van der Waals surface area contributed by atoms with Crippen LogP contribution in [-0.4, -0.2) is 14.5 Å². The summed E-state index contributed by atoms with van der Waals surface area (Å²) in [6.07, 6.45) is 17.7. The zero-order valence-corrected chi connectivity index (χ0v) is 15.9. The van der Waals surface area contributed by atoms with Crippen molar-refractivity contribution < 1.29 is 0 Å². The van der Waals surface area contributed by atoms with Crippen LogP contribution < -0.4 is 0 Å². The third-order valence-corrected chi connectivity index (χ3v) is 4.61. The van der Waals surface area contributed by atoms with Gasteiger partial charge in [-0.2, -0.15) is 0 Å². The van der Waals surface area contributed by atoms with E-state index >= 15 is 0 Å². The second kappa shape index (κ2) is 8.51. The molecule has 2 heterocycles. The fourth-order valence-electron chi connectivity index (χ4n) is 3.03. The molecule has 0 spiro atoms. The molecule has 0 saturated heterocycles. The van der Waals surface area contributed by atoms with Gasteiger partial charge in [-0.15, -0.1) is 0 Å². The minimum atomic E-state index is 0.440. The van der Waals surface area contributed by atoms with Crippen LogP contribution in [0.2, 0.25) is 5.15 Å². The van der Waals surface area contributed by atoms with Crippen molar-refractivity contribution in [1.29, 1.82) is 0 Å². The molecule has 0 atom stereocenters. The fourth-order valence-corrected chi connectivity index (χ4v) is 3.26. The van der Waals surface area contributed by atoms with Gasteiger partial charge in [0.1, 0.15) is 17.1 Å². The van der Waals surface area contributed by atoms with Crippen LogP contribution in [0.1, 0.15) is 0 Å². The van der Waals surface area contributed by atoms with Gasteiger partial charge in [0.05, 0.1) is 5.39 Å². The van der Waals surface area contributed by atoms with E-state index in [0.717, 1.165) is 27.9 Å². The van der Waals surface area contributed by atoms with E-state index in [2.05, 4.69) is 28.3 Å². The first-order chi connectivity index (χ1) is 13.8. The summed E-state index contributed by atoms with van der Waals surface area (Å²) in [4.78, 5) is 8.73. The third-order valence-electron chi connectivity index (χ3n) is 4.32. The van der Waals surface area contributed by atoms with E-state index in [9.17, 15) is 0 Å². The van der Waals surface area contributed by atoms with E-state index < -0.39 is 0 Å². The summed E-state index contributed by atoms with van der Waals surface area (Å²) in [5.41, 5.74) is 3.78. The van der Waals surface area contributed by atoms with Gasteiger partial charge in [0, 0.05) is 17.5 Å². The number of halogens is 1. The predicted octanol–water partition coefficient (Wildman–Crippen LogP) is 6.40. The Kier molecular flexibility index (Phi) is 5.46. The highest BCUT2D eigenvalue weighted by Gasteiger charge is 2.16. The molecule has 2 aromatic heterocycles. The molecule has 0 radical (unpaired) electrons. The van der Waals surface area contributed by atoms with Crippen LogP contribution in [0, 0.1) is 0 Å². The summed E-state index contributed by atoms with van der Waals surface area (Å²) in [5.74, 6) is 0. The molecular formula is C24H18ClN3. The second-order valence-electron chi connectivity index (χ2n) is 6.13. The lowest BCUT2D eigenvalue weighted by Gasteiger charge is -2.05. The van der Waals surface area contributed by atoms with Gasteiger partial charge in [0.2, 0.25) is 0 Å². The van der Waals surface area contributed by atoms with E-state index in [-0.39, 0.29) is 0 Å².